The number of sulfonamides is 1. The van der Waals surface area contributed by atoms with E-state index in [1.807, 2.05) is 0 Å². The molecule has 1 heterocycles. The highest BCUT2D eigenvalue weighted by Gasteiger charge is 2.28. The summed E-state index contributed by atoms with van der Waals surface area (Å²) in [6.45, 7) is 1.56. The zero-order valence-corrected chi connectivity index (χ0v) is 12.9. The molecule has 1 aliphatic rings. The lowest BCUT2D eigenvalue weighted by Gasteiger charge is -2.23. The molecule has 1 N–H and O–H groups in total. The predicted molar refractivity (Wildman–Crippen MR) is 78.1 cm³/mol. The summed E-state index contributed by atoms with van der Waals surface area (Å²) in [5.74, 6) is -0.0831. The van der Waals surface area contributed by atoms with Gasteiger partial charge in [-0.25, -0.2) is 12.7 Å². The number of nitrogens with one attached hydrogen (secondary N) is 1. The molecular weight excluding hydrogens is 307 g/mol. The summed E-state index contributed by atoms with van der Waals surface area (Å²) in [4.78, 5) is 0. The second-order valence-corrected chi connectivity index (χ2v) is 7.60. The molecule has 1 fully saturated rings. The van der Waals surface area contributed by atoms with Gasteiger partial charge in [0.2, 0.25) is 10.0 Å². The Morgan fingerprint density at radius 2 is 1.95 bits per heavy atom. The second kappa shape index (κ2) is 5.97. The largest absolute Gasteiger partial charge is 0.315 e. The molecule has 19 heavy (non-hydrogen) atoms. The smallest absolute Gasteiger partial charge is 0.218 e. The van der Waals surface area contributed by atoms with Crippen LogP contribution in [0.3, 0.4) is 0 Å². The van der Waals surface area contributed by atoms with E-state index in [0.29, 0.717) is 22.2 Å². The molecule has 1 aliphatic heterocycles. The van der Waals surface area contributed by atoms with Gasteiger partial charge in [0.25, 0.3) is 0 Å². The fourth-order valence-corrected chi connectivity index (χ4v) is 4.18. The number of benzene rings is 1. The molecule has 1 aromatic rings. The van der Waals surface area contributed by atoms with E-state index in [1.165, 1.54) is 4.31 Å². The molecule has 2 rings (SSSR count). The van der Waals surface area contributed by atoms with Crippen LogP contribution >= 0.6 is 23.2 Å². The van der Waals surface area contributed by atoms with Crippen LogP contribution in [0.15, 0.2) is 18.2 Å². The van der Waals surface area contributed by atoms with Crippen LogP contribution in [0.1, 0.15) is 12.0 Å². The molecule has 1 aromatic carbocycles. The Morgan fingerprint density at radius 3 is 2.47 bits per heavy atom. The van der Waals surface area contributed by atoms with Crippen molar-refractivity contribution >= 4 is 33.2 Å². The predicted octanol–water partition coefficient (Wildman–Crippen LogP) is 2.12. The molecular formula is C12H16Cl2N2O2S. The maximum Gasteiger partial charge on any atom is 0.218 e. The van der Waals surface area contributed by atoms with Gasteiger partial charge in [0.05, 0.1) is 5.75 Å². The van der Waals surface area contributed by atoms with Gasteiger partial charge in [0.15, 0.2) is 0 Å². The van der Waals surface area contributed by atoms with Crippen molar-refractivity contribution in [3.63, 3.8) is 0 Å². The average molecular weight is 323 g/mol. The number of nitrogens with zero attached hydrogens (tertiary/aromatic N) is 1. The average Bonchev–Trinajstić information content (AvgIpc) is 2.78. The minimum atomic E-state index is -3.35. The molecule has 1 saturated heterocycles. The van der Waals surface area contributed by atoms with Gasteiger partial charge in [0.1, 0.15) is 0 Å². The second-order valence-electron chi connectivity index (χ2n) is 4.70. The van der Waals surface area contributed by atoms with Crippen molar-refractivity contribution < 1.29 is 8.42 Å². The number of rotatable bonds is 4. The first kappa shape index (κ1) is 15.1. The highest BCUT2D eigenvalue weighted by Crippen LogP contribution is 2.22. The van der Waals surface area contributed by atoms with Gasteiger partial charge >= 0.3 is 0 Å². The molecule has 0 saturated carbocycles. The van der Waals surface area contributed by atoms with E-state index in [-0.39, 0.29) is 11.8 Å². The minimum Gasteiger partial charge on any atom is -0.315 e. The highest BCUT2D eigenvalue weighted by atomic mass is 35.5. The summed E-state index contributed by atoms with van der Waals surface area (Å²) >= 11 is 11.8. The van der Waals surface area contributed by atoms with Crippen molar-refractivity contribution in [2.24, 2.45) is 0 Å². The molecule has 4 nitrogen and oxygen atoms in total. The van der Waals surface area contributed by atoms with Crippen LogP contribution in [0.25, 0.3) is 0 Å². The summed E-state index contributed by atoms with van der Waals surface area (Å²) < 4.78 is 26.1. The Labute approximate surface area is 123 Å². The van der Waals surface area contributed by atoms with Gasteiger partial charge in [0, 0.05) is 29.7 Å². The fourth-order valence-electron chi connectivity index (χ4n) is 2.18. The fraction of sp³-hybridized carbons (Fsp3) is 0.500. The number of halogens is 2. The van der Waals surface area contributed by atoms with Crippen LogP contribution in [-0.4, -0.2) is 38.9 Å². The summed E-state index contributed by atoms with van der Waals surface area (Å²) in [5.41, 5.74) is 0.607. The van der Waals surface area contributed by atoms with E-state index in [9.17, 15) is 8.42 Å². The van der Waals surface area contributed by atoms with E-state index in [1.54, 1.807) is 25.2 Å². The van der Waals surface area contributed by atoms with Gasteiger partial charge < -0.3 is 5.32 Å². The van der Waals surface area contributed by atoms with E-state index in [0.717, 1.165) is 13.0 Å². The molecule has 106 valence electrons. The molecule has 7 heteroatoms. The Balaban J connectivity index is 2.15. The van der Waals surface area contributed by atoms with Crippen LogP contribution < -0.4 is 5.32 Å². The van der Waals surface area contributed by atoms with Crippen molar-refractivity contribution in [1.29, 1.82) is 0 Å². The lowest BCUT2D eigenvalue weighted by molar-refractivity contribution is 0.387. The first-order valence-corrected chi connectivity index (χ1v) is 8.36. The summed E-state index contributed by atoms with van der Waals surface area (Å²) in [6.07, 6.45) is 0.839. The van der Waals surface area contributed by atoms with Crippen LogP contribution in [0.4, 0.5) is 0 Å². The van der Waals surface area contributed by atoms with Crippen LogP contribution in [0, 0.1) is 0 Å². The number of hydrogen-bond acceptors (Lipinski definition) is 3. The molecule has 0 aliphatic carbocycles. The molecule has 0 spiro atoms. The quantitative estimate of drug-likeness (QED) is 0.923. The third-order valence-electron chi connectivity index (χ3n) is 3.26. The van der Waals surface area contributed by atoms with Crippen molar-refractivity contribution in [2.75, 3.05) is 20.1 Å². The maximum absolute atomic E-state index is 12.3. The molecule has 0 bridgehead atoms. The normalized spacial score (nSPS) is 20.1. The standard InChI is InChI=1S/C12H16Cl2N2O2S/c1-16(12-2-3-15-7-12)19(17,18)8-9-4-10(13)6-11(14)5-9/h4-6,12,15H,2-3,7-8H2,1H3. The lowest BCUT2D eigenvalue weighted by atomic mass is 10.2. The zero-order valence-electron chi connectivity index (χ0n) is 10.6. The van der Waals surface area contributed by atoms with Crippen LogP contribution in [0.2, 0.25) is 10.0 Å². The van der Waals surface area contributed by atoms with E-state index < -0.39 is 10.0 Å². The lowest BCUT2D eigenvalue weighted by Crippen LogP contribution is -2.39. The van der Waals surface area contributed by atoms with Crippen molar-refractivity contribution in [3.05, 3.63) is 33.8 Å². The number of likely N-dealkylation sites (N-methyl/N-ethyl adjacent to an activating group) is 1. The van der Waals surface area contributed by atoms with Gasteiger partial charge in [-0.1, -0.05) is 23.2 Å². The number of hydrogen-bond donors (Lipinski definition) is 1. The monoisotopic (exact) mass is 322 g/mol. The Bertz CT molecular complexity index is 537. The Kier molecular flexibility index (Phi) is 4.74. The third-order valence-corrected chi connectivity index (χ3v) is 5.57. The van der Waals surface area contributed by atoms with Crippen molar-refractivity contribution in [2.45, 2.75) is 18.2 Å². The molecule has 0 amide bonds. The van der Waals surface area contributed by atoms with E-state index in [4.69, 9.17) is 23.2 Å². The molecule has 1 atom stereocenters. The molecule has 0 radical (unpaired) electrons. The Hall–Kier alpha value is -0.330. The molecule has 0 aromatic heterocycles. The van der Waals surface area contributed by atoms with Crippen LogP contribution in [-0.2, 0) is 15.8 Å². The van der Waals surface area contributed by atoms with Crippen molar-refractivity contribution in [1.82, 2.24) is 9.62 Å². The summed E-state index contributed by atoms with van der Waals surface area (Å²) in [7, 11) is -1.73. The SMILES string of the molecule is CN(C1CCNC1)S(=O)(=O)Cc1cc(Cl)cc(Cl)c1. The van der Waals surface area contributed by atoms with Gasteiger partial charge in [-0.3, -0.25) is 0 Å². The Morgan fingerprint density at radius 1 is 1.32 bits per heavy atom. The maximum atomic E-state index is 12.3. The minimum absolute atomic E-state index is 0.0275. The van der Waals surface area contributed by atoms with Gasteiger partial charge in [-0.05, 0) is 36.7 Å². The topological polar surface area (TPSA) is 49.4 Å². The first-order chi connectivity index (χ1) is 8.88. The van der Waals surface area contributed by atoms with Gasteiger partial charge in [-0.2, -0.15) is 0 Å². The third kappa shape index (κ3) is 3.83. The summed E-state index contributed by atoms with van der Waals surface area (Å²) in [6, 6.07) is 4.88. The molecule has 1 unspecified atom stereocenters. The van der Waals surface area contributed by atoms with E-state index >= 15 is 0 Å². The van der Waals surface area contributed by atoms with Gasteiger partial charge in [-0.15, -0.1) is 0 Å². The highest BCUT2D eigenvalue weighted by molar-refractivity contribution is 7.88. The first-order valence-electron chi connectivity index (χ1n) is 6.00. The summed E-state index contributed by atoms with van der Waals surface area (Å²) in [5, 5.41) is 4.05. The van der Waals surface area contributed by atoms with Crippen LogP contribution in [0.5, 0.6) is 0 Å². The van der Waals surface area contributed by atoms with E-state index in [2.05, 4.69) is 5.32 Å². The van der Waals surface area contributed by atoms with Crippen molar-refractivity contribution in [3.8, 4) is 0 Å². The zero-order chi connectivity index (χ0) is 14.0.